The number of nitrogens with one attached hydrogen (secondary N) is 1. The Hall–Kier alpha value is -1.06. The molecule has 1 N–H and O–H groups in total. The third-order valence-electron chi connectivity index (χ3n) is 2.84. The highest BCUT2D eigenvalue weighted by Gasteiger charge is 2.12. The summed E-state index contributed by atoms with van der Waals surface area (Å²) < 4.78 is 6.49. The number of hydrogen-bond acceptors (Lipinski definition) is 2. The molecule has 0 aliphatic carbocycles. The van der Waals surface area contributed by atoms with Crippen molar-refractivity contribution in [3.05, 3.63) is 58.5 Å². The Bertz CT molecular complexity index is 450. The third-order valence-corrected chi connectivity index (χ3v) is 3.37. The van der Waals surface area contributed by atoms with Crippen molar-refractivity contribution in [2.75, 3.05) is 0 Å². The molecule has 1 unspecified atom stereocenters. The molecule has 0 aliphatic rings. The molecule has 3 heteroatoms. The Kier molecular flexibility index (Phi) is 4.02. The monoisotopic (exact) mass is 293 g/mol. The zero-order valence-electron chi connectivity index (χ0n) is 9.98. The van der Waals surface area contributed by atoms with E-state index in [1.165, 1.54) is 5.56 Å². The van der Waals surface area contributed by atoms with Gasteiger partial charge < -0.3 is 9.73 Å². The molecule has 2 rings (SSSR count). The molecule has 2 nitrogen and oxygen atoms in total. The van der Waals surface area contributed by atoms with Gasteiger partial charge in [0, 0.05) is 10.5 Å². The van der Waals surface area contributed by atoms with Crippen molar-refractivity contribution in [1.82, 2.24) is 5.32 Å². The van der Waals surface area contributed by atoms with Crippen molar-refractivity contribution in [2.24, 2.45) is 0 Å². The molecule has 0 saturated carbocycles. The van der Waals surface area contributed by atoms with E-state index in [1.54, 1.807) is 6.26 Å². The van der Waals surface area contributed by atoms with E-state index in [-0.39, 0.29) is 6.04 Å². The van der Waals surface area contributed by atoms with Crippen LogP contribution in [-0.4, -0.2) is 0 Å². The van der Waals surface area contributed by atoms with Crippen molar-refractivity contribution >= 4 is 15.9 Å². The first-order valence-electron chi connectivity index (χ1n) is 5.71. The van der Waals surface area contributed by atoms with Crippen molar-refractivity contribution in [3.63, 3.8) is 0 Å². The fourth-order valence-electron chi connectivity index (χ4n) is 1.84. The summed E-state index contributed by atoms with van der Waals surface area (Å²) in [4.78, 5) is 0. The molecule has 1 aromatic heterocycles. The summed E-state index contributed by atoms with van der Waals surface area (Å²) >= 11 is 3.44. The van der Waals surface area contributed by atoms with Crippen LogP contribution in [0.5, 0.6) is 0 Å². The summed E-state index contributed by atoms with van der Waals surface area (Å²) in [6.45, 7) is 4.26. The van der Waals surface area contributed by atoms with Gasteiger partial charge in [0.05, 0.1) is 12.3 Å². The van der Waals surface area contributed by atoms with Crippen LogP contribution in [0.15, 0.2) is 51.6 Å². The number of benzene rings is 1. The van der Waals surface area contributed by atoms with E-state index < -0.39 is 0 Å². The highest BCUT2D eigenvalue weighted by atomic mass is 79.9. The first kappa shape index (κ1) is 12.4. The second kappa shape index (κ2) is 5.52. The van der Waals surface area contributed by atoms with E-state index >= 15 is 0 Å². The summed E-state index contributed by atoms with van der Waals surface area (Å²) in [5.41, 5.74) is 1.27. The predicted molar refractivity (Wildman–Crippen MR) is 72.8 cm³/mol. The SMILES string of the molecule is CC(N[C@@H](C)c1ccco1)c1ccc(Br)cc1. The Labute approximate surface area is 110 Å². The molecule has 0 spiro atoms. The smallest absolute Gasteiger partial charge is 0.120 e. The molecule has 0 amide bonds. The van der Waals surface area contributed by atoms with Gasteiger partial charge >= 0.3 is 0 Å². The van der Waals surface area contributed by atoms with Gasteiger partial charge in [-0.3, -0.25) is 0 Å². The molecule has 1 heterocycles. The van der Waals surface area contributed by atoms with Gasteiger partial charge in [0.2, 0.25) is 0 Å². The molecule has 2 atom stereocenters. The third kappa shape index (κ3) is 3.20. The number of rotatable bonds is 4. The number of halogens is 1. The maximum atomic E-state index is 5.38. The van der Waals surface area contributed by atoms with Gasteiger partial charge in [0.1, 0.15) is 5.76 Å². The van der Waals surface area contributed by atoms with Crippen molar-refractivity contribution in [2.45, 2.75) is 25.9 Å². The van der Waals surface area contributed by atoms with Crippen molar-refractivity contribution in [1.29, 1.82) is 0 Å². The number of hydrogen-bond donors (Lipinski definition) is 1. The standard InChI is InChI=1S/C14H16BrNO/c1-10(12-5-7-13(15)8-6-12)16-11(2)14-4-3-9-17-14/h3-11,16H,1-2H3/t10?,11-/m0/s1. The molecule has 2 aromatic rings. The highest BCUT2D eigenvalue weighted by Crippen LogP contribution is 2.21. The van der Waals surface area contributed by atoms with E-state index in [9.17, 15) is 0 Å². The predicted octanol–water partition coefficient (Wildman–Crippen LogP) is 4.45. The van der Waals surface area contributed by atoms with Crippen LogP contribution in [0, 0.1) is 0 Å². The molecule has 0 aliphatic heterocycles. The summed E-state index contributed by atoms with van der Waals surface area (Å²) in [6, 6.07) is 12.8. The van der Waals surface area contributed by atoms with Gasteiger partial charge in [-0.1, -0.05) is 28.1 Å². The summed E-state index contributed by atoms with van der Waals surface area (Å²) in [5.74, 6) is 0.967. The lowest BCUT2D eigenvalue weighted by Gasteiger charge is -2.18. The Balaban J connectivity index is 2.01. The van der Waals surface area contributed by atoms with Crippen LogP contribution in [0.2, 0.25) is 0 Å². The summed E-state index contributed by atoms with van der Waals surface area (Å²) in [6.07, 6.45) is 1.71. The lowest BCUT2D eigenvalue weighted by molar-refractivity contribution is 0.403. The van der Waals surface area contributed by atoms with Gasteiger partial charge in [-0.05, 0) is 43.7 Å². The van der Waals surface area contributed by atoms with Crippen LogP contribution >= 0.6 is 15.9 Å². The van der Waals surface area contributed by atoms with Gasteiger partial charge in [-0.15, -0.1) is 0 Å². The molecule has 0 fully saturated rings. The topological polar surface area (TPSA) is 25.2 Å². The summed E-state index contributed by atoms with van der Waals surface area (Å²) in [5, 5.41) is 3.51. The van der Waals surface area contributed by atoms with E-state index in [0.29, 0.717) is 6.04 Å². The Morgan fingerprint density at radius 2 is 1.76 bits per heavy atom. The second-order valence-corrected chi connectivity index (χ2v) is 5.09. The summed E-state index contributed by atoms with van der Waals surface area (Å²) in [7, 11) is 0. The molecule has 0 bridgehead atoms. The fourth-order valence-corrected chi connectivity index (χ4v) is 2.11. The molecule has 0 saturated heterocycles. The van der Waals surface area contributed by atoms with Crippen LogP contribution in [-0.2, 0) is 0 Å². The van der Waals surface area contributed by atoms with Crippen molar-refractivity contribution < 1.29 is 4.42 Å². The molecule has 0 radical (unpaired) electrons. The Morgan fingerprint density at radius 3 is 2.35 bits per heavy atom. The van der Waals surface area contributed by atoms with Crippen LogP contribution in [0.4, 0.5) is 0 Å². The zero-order valence-corrected chi connectivity index (χ0v) is 11.6. The Morgan fingerprint density at radius 1 is 1.06 bits per heavy atom. The van der Waals surface area contributed by atoms with E-state index in [2.05, 4.69) is 59.4 Å². The zero-order chi connectivity index (χ0) is 12.3. The lowest BCUT2D eigenvalue weighted by Crippen LogP contribution is -2.22. The molecule has 90 valence electrons. The van der Waals surface area contributed by atoms with Crippen molar-refractivity contribution in [3.8, 4) is 0 Å². The van der Waals surface area contributed by atoms with Gasteiger partial charge in [0.25, 0.3) is 0 Å². The van der Waals surface area contributed by atoms with E-state index in [1.807, 2.05) is 12.1 Å². The largest absolute Gasteiger partial charge is 0.468 e. The lowest BCUT2D eigenvalue weighted by atomic mass is 10.1. The average Bonchev–Trinajstić information content (AvgIpc) is 2.83. The minimum absolute atomic E-state index is 0.212. The molecule has 1 aromatic carbocycles. The minimum atomic E-state index is 0.212. The first-order chi connectivity index (χ1) is 8.16. The minimum Gasteiger partial charge on any atom is -0.468 e. The van der Waals surface area contributed by atoms with Crippen LogP contribution in [0.3, 0.4) is 0 Å². The second-order valence-electron chi connectivity index (χ2n) is 4.18. The van der Waals surface area contributed by atoms with Crippen LogP contribution < -0.4 is 5.32 Å². The van der Waals surface area contributed by atoms with E-state index in [0.717, 1.165) is 10.2 Å². The molecular weight excluding hydrogens is 278 g/mol. The first-order valence-corrected chi connectivity index (χ1v) is 6.51. The van der Waals surface area contributed by atoms with Gasteiger partial charge in [-0.2, -0.15) is 0 Å². The van der Waals surface area contributed by atoms with Gasteiger partial charge in [0.15, 0.2) is 0 Å². The number of furan rings is 1. The van der Waals surface area contributed by atoms with Gasteiger partial charge in [-0.25, -0.2) is 0 Å². The average molecular weight is 294 g/mol. The van der Waals surface area contributed by atoms with E-state index in [4.69, 9.17) is 4.42 Å². The highest BCUT2D eigenvalue weighted by molar-refractivity contribution is 9.10. The van der Waals surface area contributed by atoms with Crippen LogP contribution in [0.25, 0.3) is 0 Å². The maximum Gasteiger partial charge on any atom is 0.120 e. The maximum absolute atomic E-state index is 5.38. The fraction of sp³-hybridized carbons (Fsp3) is 0.286. The van der Waals surface area contributed by atoms with Crippen LogP contribution in [0.1, 0.15) is 37.3 Å². The molecular formula is C14H16BrNO. The normalized spacial score (nSPS) is 14.5. The quantitative estimate of drug-likeness (QED) is 0.901. The molecule has 17 heavy (non-hydrogen) atoms.